The van der Waals surface area contributed by atoms with Gasteiger partial charge in [0.2, 0.25) is 0 Å². The Hall–Kier alpha value is -0.690. The first kappa shape index (κ1) is 15.4. The Morgan fingerprint density at radius 2 is 2.00 bits per heavy atom. The third-order valence-electron chi connectivity index (χ3n) is 2.61. The van der Waals surface area contributed by atoms with E-state index in [1.165, 1.54) is 0 Å². The zero-order valence-corrected chi connectivity index (χ0v) is 10.9. The summed E-state index contributed by atoms with van der Waals surface area (Å²) in [6.07, 6.45) is 2.98. The van der Waals surface area contributed by atoms with Gasteiger partial charge in [-0.25, -0.2) is 0 Å². The Balaban J connectivity index is 1.92. The molecule has 18 heavy (non-hydrogen) atoms. The number of aliphatic carboxylic acids is 1. The summed E-state index contributed by atoms with van der Waals surface area (Å²) in [6, 6.07) is -0.244. The van der Waals surface area contributed by atoms with Crippen molar-refractivity contribution in [3.63, 3.8) is 0 Å². The molecule has 0 bridgehead atoms. The van der Waals surface area contributed by atoms with Crippen molar-refractivity contribution in [2.75, 3.05) is 40.1 Å². The van der Waals surface area contributed by atoms with Gasteiger partial charge in [0.05, 0.1) is 19.8 Å². The van der Waals surface area contributed by atoms with Crippen LogP contribution in [0.15, 0.2) is 0 Å². The standard InChI is InChI=1S/C12H23NO5/c1-16-5-2-6-17-7-8-18-9-11(12(14)15)13-10-3-4-10/h10-11,13H,2-9H2,1H3,(H,14,15). The van der Waals surface area contributed by atoms with Crippen molar-refractivity contribution in [2.45, 2.75) is 31.3 Å². The van der Waals surface area contributed by atoms with Crippen LogP contribution in [0, 0.1) is 0 Å². The lowest BCUT2D eigenvalue weighted by Crippen LogP contribution is -2.42. The lowest BCUT2D eigenvalue weighted by atomic mass is 10.3. The molecule has 0 aromatic heterocycles. The smallest absolute Gasteiger partial charge is 0.323 e. The number of hydrogen-bond acceptors (Lipinski definition) is 5. The fraction of sp³-hybridized carbons (Fsp3) is 0.917. The van der Waals surface area contributed by atoms with Gasteiger partial charge in [-0.15, -0.1) is 0 Å². The number of carboxylic acids is 1. The van der Waals surface area contributed by atoms with Crippen LogP contribution in [-0.4, -0.2) is 63.3 Å². The van der Waals surface area contributed by atoms with Gasteiger partial charge in [-0.3, -0.25) is 10.1 Å². The molecular formula is C12H23NO5. The Morgan fingerprint density at radius 3 is 2.61 bits per heavy atom. The molecule has 1 fully saturated rings. The molecule has 1 aliphatic carbocycles. The quantitative estimate of drug-likeness (QED) is 0.491. The second kappa shape index (κ2) is 9.27. The molecule has 106 valence electrons. The summed E-state index contributed by atoms with van der Waals surface area (Å²) in [4.78, 5) is 10.9. The zero-order chi connectivity index (χ0) is 13.2. The van der Waals surface area contributed by atoms with E-state index >= 15 is 0 Å². The highest BCUT2D eigenvalue weighted by Crippen LogP contribution is 2.19. The van der Waals surface area contributed by atoms with Gasteiger partial charge in [-0.1, -0.05) is 0 Å². The van der Waals surface area contributed by atoms with E-state index in [0.717, 1.165) is 19.3 Å². The summed E-state index contributed by atoms with van der Waals surface area (Å²) < 4.78 is 15.5. The van der Waals surface area contributed by atoms with Crippen molar-refractivity contribution in [1.82, 2.24) is 5.32 Å². The molecule has 0 aromatic carbocycles. The van der Waals surface area contributed by atoms with Crippen LogP contribution in [0.3, 0.4) is 0 Å². The molecule has 6 nitrogen and oxygen atoms in total. The van der Waals surface area contributed by atoms with Crippen LogP contribution in [-0.2, 0) is 19.0 Å². The van der Waals surface area contributed by atoms with E-state index in [9.17, 15) is 4.79 Å². The minimum absolute atomic E-state index is 0.188. The molecule has 6 heteroatoms. The normalized spacial score (nSPS) is 16.7. The van der Waals surface area contributed by atoms with Gasteiger partial charge < -0.3 is 19.3 Å². The summed E-state index contributed by atoms with van der Waals surface area (Å²) in [5.41, 5.74) is 0. The predicted octanol–water partition coefficient (Wildman–Crippen LogP) is 0.261. The number of nitrogens with one attached hydrogen (secondary N) is 1. The van der Waals surface area contributed by atoms with Crippen LogP contribution in [0.1, 0.15) is 19.3 Å². The molecule has 1 aliphatic rings. The molecule has 1 saturated carbocycles. The van der Waals surface area contributed by atoms with Crippen molar-refractivity contribution >= 4 is 5.97 Å². The fourth-order valence-corrected chi connectivity index (χ4v) is 1.45. The van der Waals surface area contributed by atoms with Gasteiger partial charge in [-0.05, 0) is 19.3 Å². The van der Waals surface area contributed by atoms with Crippen LogP contribution in [0.4, 0.5) is 0 Å². The third kappa shape index (κ3) is 7.60. The molecule has 2 N–H and O–H groups in total. The maximum Gasteiger partial charge on any atom is 0.323 e. The highest BCUT2D eigenvalue weighted by Gasteiger charge is 2.28. The SMILES string of the molecule is COCCCOCCOCC(NC1CC1)C(=O)O. The molecule has 0 amide bonds. The summed E-state index contributed by atoms with van der Waals surface area (Å²) >= 11 is 0. The monoisotopic (exact) mass is 261 g/mol. The molecule has 0 radical (unpaired) electrons. The van der Waals surface area contributed by atoms with Gasteiger partial charge in [0.15, 0.2) is 0 Å². The summed E-state index contributed by atoms with van der Waals surface area (Å²) in [5.74, 6) is -0.858. The maximum absolute atomic E-state index is 10.9. The summed E-state index contributed by atoms with van der Waals surface area (Å²) in [5, 5.41) is 12.0. The van der Waals surface area contributed by atoms with E-state index in [-0.39, 0.29) is 6.61 Å². The first-order valence-electron chi connectivity index (χ1n) is 6.37. The summed E-state index contributed by atoms with van der Waals surface area (Å²) in [6.45, 7) is 2.42. The maximum atomic E-state index is 10.9. The molecule has 0 heterocycles. The van der Waals surface area contributed by atoms with Crippen molar-refractivity contribution < 1.29 is 24.1 Å². The molecule has 0 spiro atoms. The number of ether oxygens (including phenoxy) is 3. The van der Waals surface area contributed by atoms with Crippen LogP contribution < -0.4 is 5.32 Å². The van der Waals surface area contributed by atoms with Crippen molar-refractivity contribution in [2.24, 2.45) is 0 Å². The molecule has 0 aromatic rings. The Morgan fingerprint density at radius 1 is 1.28 bits per heavy atom. The van der Waals surface area contributed by atoms with Crippen LogP contribution in [0.5, 0.6) is 0 Å². The lowest BCUT2D eigenvalue weighted by Gasteiger charge is -2.14. The Bertz CT molecular complexity index is 233. The number of methoxy groups -OCH3 is 1. The van der Waals surface area contributed by atoms with Gasteiger partial charge in [0.1, 0.15) is 6.04 Å². The van der Waals surface area contributed by atoms with Crippen molar-refractivity contribution in [3.05, 3.63) is 0 Å². The van der Waals surface area contributed by atoms with Gasteiger partial charge in [-0.2, -0.15) is 0 Å². The highest BCUT2D eigenvalue weighted by atomic mass is 16.5. The van der Waals surface area contributed by atoms with E-state index in [1.54, 1.807) is 7.11 Å². The minimum atomic E-state index is -0.858. The number of carbonyl (C=O) groups is 1. The predicted molar refractivity (Wildman–Crippen MR) is 65.7 cm³/mol. The molecule has 0 saturated heterocycles. The van der Waals surface area contributed by atoms with E-state index in [0.29, 0.717) is 32.5 Å². The lowest BCUT2D eigenvalue weighted by molar-refractivity contribution is -0.141. The van der Waals surface area contributed by atoms with E-state index in [4.69, 9.17) is 19.3 Å². The van der Waals surface area contributed by atoms with Gasteiger partial charge in [0.25, 0.3) is 0 Å². The molecule has 1 unspecified atom stereocenters. The zero-order valence-electron chi connectivity index (χ0n) is 10.9. The molecule has 1 rings (SSSR count). The first-order chi connectivity index (χ1) is 8.74. The van der Waals surface area contributed by atoms with E-state index in [1.807, 2.05) is 0 Å². The largest absolute Gasteiger partial charge is 0.480 e. The second-order valence-electron chi connectivity index (χ2n) is 4.37. The highest BCUT2D eigenvalue weighted by molar-refractivity contribution is 5.73. The van der Waals surface area contributed by atoms with Gasteiger partial charge >= 0.3 is 5.97 Å². The number of hydrogen-bond donors (Lipinski definition) is 2. The summed E-state index contributed by atoms with van der Waals surface area (Å²) in [7, 11) is 1.65. The van der Waals surface area contributed by atoms with Crippen molar-refractivity contribution in [3.8, 4) is 0 Å². The van der Waals surface area contributed by atoms with Gasteiger partial charge in [0, 0.05) is 26.4 Å². The number of carboxylic acid groups (broad SMARTS) is 1. The minimum Gasteiger partial charge on any atom is -0.480 e. The number of rotatable bonds is 12. The Kier molecular flexibility index (Phi) is 7.91. The third-order valence-corrected chi connectivity index (χ3v) is 2.61. The van der Waals surface area contributed by atoms with E-state index < -0.39 is 12.0 Å². The van der Waals surface area contributed by atoms with E-state index in [2.05, 4.69) is 5.32 Å². The average molecular weight is 261 g/mol. The first-order valence-corrected chi connectivity index (χ1v) is 6.37. The topological polar surface area (TPSA) is 77.0 Å². The molecule has 1 atom stereocenters. The van der Waals surface area contributed by atoms with Crippen LogP contribution in [0.2, 0.25) is 0 Å². The van der Waals surface area contributed by atoms with Crippen LogP contribution in [0.25, 0.3) is 0 Å². The van der Waals surface area contributed by atoms with Crippen molar-refractivity contribution in [1.29, 1.82) is 0 Å². The average Bonchev–Trinajstić information content (AvgIpc) is 3.14. The Labute approximate surface area is 108 Å². The molecule has 0 aliphatic heterocycles. The molecular weight excluding hydrogens is 238 g/mol. The second-order valence-corrected chi connectivity index (χ2v) is 4.37. The van der Waals surface area contributed by atoms with Crippen LogP contribution >= 0.6 is 0 Å². The fourth-order valence-electron chi connectivity index (χ4n) is 1.45.